The fraction of sp³-hybridized carbons (Fsp3) is 0.638. The van der Waals surface area contributed by atoms with Crippen LogP contribution in [0, 0.1) is 0 Å². The zero-order valence-corrected chi connectivity index (χ0v) is 41.3. The number of rotatable bonds is 45. The lowest BCUT2D eigenvalue weighted by Crippen LogP contribution is -2.30. The monoisotopic (exact) mass is 887 g/mol. The van der Waals surface area contributed by atoms with Gasteiger partial charge in [-0.1, -0.05) is 201 Å². The molecule has 0 heterocycles. The first kappa shape index (κ1) is 60.1. The second kappa shape index (κ2) is 51.7. The van der Waals surface area contributed by atoms with Crippen LogP contribution in [0.3, 0.4) is 0 Å². The van der Waals surface area contributed by atoms with Gasteiger partial charge in [0.1, 0.15) is 13.2 Å². The van der Waals surface area contributed by atoms with Crippen LogP contribution in [0.5, 0.6) is 0 Å². The number of carbonyl (C=O) groups is 3. The maximum atomic E-state index is 12.8. The highest BCUT2D eigenvalue weighted by molar-refractivity contribution is 5.71. The maximum Gasteiger partial charge on any atom is 0.306 e. The van der Waals surface area contributed by atoms with Crippen molar-refractivity contribution >= 4 is 17.9 Å². The van der Waals surface area contributed by atoms with Gasteiger partial charge in [0, 0.05) is 19.3 Å². The Balaban J connectivity index is 4.49. The van der Waals surface area contributed by atoms with E-state index < -0.39 is 6.10 Å². The van der Waals surface area contributed by atoms with Gasteiger partial charge < -0.3 is 14.2 Å². The van der Waals surface area contributed by atoms with Gasteiger partial charge in [-0.15, -0.1) is 0 Å². The van der Waals surface area contributed by atoms with Gasteiger partial charge in [0.2, 0.25) is 0 Å². The molecule has 0 saturated carbocycles. The average Bonchev–Trinajstić information content (AvgIpc) is 3.29. The Labute approximate surface area is 393 Å². The van der Waals surface area contributed by atoms with Gasteiger partial charge >= 0.3 is 17.9 Å². The van der Waals surface area contributed by atoms with E-state index in [-0.39, 0.29) is 37.5 Å². The van der Waals surface area contributed by atoms with Crippen LogP contribution in [0.25, 0.3) is 0 Å². The van der Waals surface area contributed by atoms with E-state index in [0.29, 0.717) is 12.8 Å². The minimum absolute atomic E-state index is 0.104. The van der Waals surface area contributed by atoms with E-state index in [2.05, 4.69) is 130 Å². The van der Waals surface area contributed by atoms with Gasteiger partial charge in [-0.3, -0.25) is 14.4 Å². The molecule has 64 heavy (non-hydrogen) atoms. The number of esters is 3. The Morgan fingerprint density at radius 3 is 1.14 bits per heavy atom. The van der Waals surface area contributed by atoms with E-state index in [4.69, 9.17) is 14.2 Å². The molecule has 362 valence electrons. The van der Waals surface area contributed by atoms with Gasteiger partial charge in [0.25, 0.3) is 0 Å². The fourth-order valence-electron chi connectivity index (χ4n) is 6.70. The molecule has 6 nitrogen and oxygen atoms in total. The summed E-state index contributed by atoms with van der Waals surface area (Å²) in [6, 6.07) is 0. The van der Waals surface area contributed by atoms with E-state index >= 15 is 0 Å². The molecule has 0 bridgehead atoms. The summed E-state index contributed by atoms with van der Waals surface area (Å²) in [7, 11) is 0. The minimum atomic E-state index is -0.808. The predicted octanol–water partition coefficient (Wildman–Crippen LogP) is 17.1. The molecule has 0 aromatic carbocycles. The third-order valence-corrected chi connectivity index (χ3v) is 10.6. The zero-order chi connectivity index (χ0) is 46.5. The summed E-state index contributed by atoms with van der Waals surface area (Å²) in [6.07, 6.45) is 69.3. The normalized spacial score (nSPS) is 13.0. The zero-order valence-electron chi connectivity index (χ0n) is 41.3. The van der Waals surface area contributed by atoms with Crippen molar-refractivity contribution in [2.75, 3.05) is 13.2 Å². The van der Waals surface area contributed by atoms with Crippen molar-refractivity contribution < 1.29 is 28.6 Å². The molecular formula is C58H94O6. The van der Waals surface area contributed by atoms with Crippen molar-refractivity contribution in [3.63, 3.8) is 0 Å². The number of hydrogen-bond acceptors (Lipinski definition) is 6. The molecule has 0 aromatic rings. The van der Waals surface area contributed by atoms with E-state index in [1.165, 1.54) is 51.4 Å². The predicted molar refractivity (Wildman–Crippen MR) is 274 cm³/mol. The number of allylic oxidation sites excluding steroid dienone is 18. The third kappa shape index (κ3) is 49.1. The Morgan fingerprint density at radius 1 is 0.344 bits per heavy atom. The smallest absolute Gasteiger partial charge is 0.306 e. The molecule has 0 rings (SSSR count). The standard InChI is InChI=1S/C58H94O6/c1-4-7-10-13-16-19-22-25-27-29-31-33-36-39-42-45-48-51-57(60)63-54-55(53-62-56(59)50-47-44-41-38-35-32-24-21-18-15-12-9-6-3)64-58(61)52-49-46-43-40-37-34-30-28-26-23-20-17-14-11-8-5-2/h8-9,11-12,15-21,24-28,34,37,55H,4-7,10,13-14,22-23,29-33,35-36,38-54H2,1-3H3/b11-8+,12-9+,18-15+,19-16+,20-17+,24-21+,27-25+,28-26+,37-34+. The molecule has 1 unspecified atom stereocenters. The van der Waals surface area contributed by atoms with E-state index in [9.17, 15) is 14.4 Å². The number of carbonyl (C=O) groups excluding carboxylic acids is 3. The second-order valence-corrected chi connectivity index (χ2v) is 16.7. The summed E-state index contributed by atoms with van der Waals surface area (Å²) >= 11 is 0. The summed E-state index contributed by atoms with van der Waals surface area (Å²) in [5, 5.41) is 0. The molecule has 0 aliphatic heterocycles. The van der Waals surface area contributed by atoms with Crippen LogP contribution in [0.1, 0.15) is 220 Å². The minimum Gasteiger partial charge on any atom is -0.462 e. The Bertz CT molecular complexity index is 1340. The van der Waals surface area contributed by atoms with Gasteiger partial charge in [0.15, 0.2) is 6.10 Å². The van der Waals surface area contributed by atoms with Crippen molar-refractivity contribution in [3.8, 4) is 0 Å². The molecule has 0 amide bonds. The first-order chi connectivity index (χ1) is 31.5. The second-order valence-electron chi connectivity index (χ2n) is 16.7. The van der Waals surface area contributed by atoms with Crippen molar-refractivity contribution in [2.45, 2.75) is 226 Å². The highest BCUT2D eigenvalue weighted by Crippen LogP contribution is 2.13. The molecule has 0 aliphatic carbocycles. The summed E-state index contributed by atoms with van der Waals surface area (Å²) in [5.74, 6) is -0.969. The lowest BCUT2D eigenvalue weighted by atomic mass is 10.1. The van der Waals surface area contributed by atoms with Gasteiger partial charge in [-0.05, 0) is 109 Å². The average molecular weight is 887 g/mol. The van der Waals surface area contributed by atoms with Crippen LogP contribution < -0.4 is 0 Å². The van der Waals surface area contributed by atoms with Gasteiger partial charge in [-0.25, -0.2) is 0 Å². The molecular weight excluding hydrogens is 793 g/mol. The van der Waals surface area contributed by atoms with E-state index in [0.717, 1.165) is 128 Å². The number of ether oxygens (including phenoxy) is 3. The van der Waals surface area contributed by atoms with Crippen LogP contribution in [-0.2, 0) is 28.6 Å². The molecule has 0 saturated heterocycles. The summed E-state index contributed by atoms with van der Waals surface area (Å²) in [6.45, 7) is 6.30. The Kier molecular flexibility index (Phi) is 48.5. The molecule has 0 aromatic heterocycles. The summed E-state index contributed by atoms with van der Waals surface area (Å²) < 4.78 is 16.8. The van der Waals surface area contributed by atoms with Crippen LogP contribution in [0.15, 0.2) is 109 Å². The lowest BCUT2D eigenvalue weighted by Gasteiger charge is -2.18. The van der Waals surface area contributed by atoms with Crippen molar-refractivity contribution in [3.05, 3.63) is 109 Å². The summed E-state index contributed by atoms with van der Waals surface area (Å²) in [4.78, 5) is 38.0. The Morgan fingerprint density at radius 2 is 0.688 bits per heavy atom. The largest absolute Gasteiger partial charge is 0.462 e. The third-order valence-electron chi connectivity index (χ3n) is 10.6. The maximum absolute atomic E-state index is 12.8. The van der Waals surface area contributed by atoms with Gasteiger partial charge in [0.05, 0.1) is 0 Å². The van der Waals surface area contributed by atoms with Crippen molar-refractivity contribution in [2.24, 2.45) is 0 Å². The van der Waals surface area contributed by atoms with Crippen molar-refractivity contribution in [1.29, 1.82) is 0 Å². The first-order valence-corrected chi connectivity index (χ1v) is 25.9. The van der Waals surface area contributed by atoms with Gasteiger partial charge in [-0.2, -0.15) is 0 Å². The topological polar surface area (TPSA) is 78.9 Å². The SMILES string of the molecule is CC/C=C/C=C/C=C/CCCCCCCC(=O)OCC(COC(=O)CCCCCCCCC/C=C/C/C=C/CCCCC)OC(=O)CCCCC/C=C/C/C=C/C/C=C/C/C=C/CC. The fourth-order valence-corrected chi connectivity index (χ4v) is 6.70. The molecule has 0 N–H and O–H groups in total. The first-order valence-electron chi connectivity index (χ1n) is 25.9. The van der Waals surface area contributed by atoms with Crippen LogP contribution in [0.2, 0.25) is 0 Å². The molecule has 0 fully saturated rings. The summed E-state index contributed by atoms with van der Waals surface area (Å²) in [5.41, 5.74) is 0. The highest BCUT2D eigenvalue weighted by Gasteiger charge is 2.19. The van der Waals surface area contributed by atoms with Crippen LogP contribution in [-0.4, -0.2) is 37.2 Å². The lowest BCUT2D eigenvalue weighted by molar-refractivity contribution is -0.167. The highest BCUT2D eigenvalue weighted by atomic mass is 16.6. The number of hydrogen-bond donors (Lipinski definition) is 0. The van der Waals surface area contributed by atoms with Crippen LogP contribution in [0.4, 0.5) is 0 Å². The van der Waals surface area contributed by atoms with E-state index in [1.54, 1.807) is 0 Å². The molecule has 0 spiro atoms. The molecule has 0 aliphatic rings. The molecule has 0 radical (unpaired) electrons. The Hall–Kier alpha value is -3.93. The van der Waals surface area contributed by atoms with E-state index in [1.807, 2.05) is 0 Å². The molecule has 1 atom stereocenters. The van der Waals surface area contributed by atoms with Crippen LogP contribution >= 0.6 is 0 Å². The number of unbranched alkanes of at least 4 members (excludes halogenated alkanes) is 18. The molecule has 6 heteroatoms. The quantitative estimate of drug-likeness (QED) is 0.0199. The van der Waals surface area contributed by atoms with Crippen molar-refractivity contribution in [1.82, 2.24) is 0 Å².